The zero-order valence-electron chi connectivity index (χ0n) is 14.5. The van der Waals surface area contributed by atoms with Crippen molar-refractivity contribution < 1.29 is 4.39 Å². The lowest BCUT2D eigenvalue weighted by molar-refractivity contribution is 0.000715. The van der Waals surface area contributed by atoms with Gasteiger partial charge in [-0.05, 0) is 63.2 Å². The zero-order valence-corrected chi connectivity index (χ0v) is 14.5. The van der Waals surface area contributed by atoms with E-state index < -0.39 is 5.67 Å². The fourth-order valence-electron chi connectivity index (χ4n) is 4.63. The van der Waals surface area contributed by atoms with Gasteiger partial charge in [-0.15, -0.1) is 0 Å². The van der Waals surface area contributed by atoms with Crippen LogP contribution in [0.25, 0.3) is 0 Å². The molecule has 2 aliphatic carbocycles. The Morgan fingerprint density at radius 3 is 2.18 bits per heavy atom. The van der Waals surface area contributed by atoms with Gasteiger partial charge in [-0.1, -0.05) is 45.4 Å². The Morgan fingerprint density at radius 2 is 1.59 bits per heavy atom. The predicted octanol–water partition coefficient (Wildman–Crippen LogP) is 6.58. The maximum absolute atomic E-state index is 15.3. The summed E-state index contributed by atoms with van der Waals surface area (Å²) in [4.78, 5) is 0. The monoisotopic (exact) mass is 307 g/mol. The largest absolute Gasteiger partial charge is 0.244 e. The third kappa shape index (κ3) is 4.97. The Balaban J connectivity index is 1.66. The van der Waals surface area contributed by atoms with E-state index in [-0.39, 0.29) is 11.8 Å². The van der Waals surface area contributed by atoms with Crippen molar-refractivity contribution in [1.29, 1.82) is 5.26 Å². The van der Waals surface area contributed by atoms with E-state index in [0.717, 1.165) is 57.3 Å². The molecular formula is C20H34FN. The first kappa shape index (κ1) is 17.8. The molecule has 0 aromatic heterocycles. The Bertz CT molecular complexity index is 343. The molecule has 0 spiro atoms. The summed E-state index contributed by atoms with van der Waals surface area (Å²) in [5, 5.41) is 8.98. The summed E-state index contributed by atoms with van der Waals surface area (Å²) < 4.78 is 15.3. The lowest BCUT2D eigenvalue weighted by atomic mass is 9.67. The molecule has 1 nitrogen and oxygen atoms in total. The number of rotatable bonds is 7. The van der Waals surface area contributed by atoms with Gasteiger partial charge >= 0.3 is 0 Å². The fourth-order valence-corrected chi connectivity index (χ4v) is 4.63. The highest BCUT2D eigenvalue weighted by Crippen LogP contribution is 2.47. The van der Waals surface area contributed by atoms with Crippen LogP contribution >= 0.6 is 0 Å². The molecule has 0 heterocycles. The molecule has 0 aliphatic heterocycles. The van der Waals surface area contributed by atoms with Gasteiger partial charge in [-0.2, -0.15) is 5.26 Å². The molecule has 0 unspecified atom stereocenters. The van der Waals surface area contributed by atoms with Crippen molar-refractivity contribution >= 4 is 0 Å². The molecule has 0 N–H and O–H groups in total. The second kappa shape index (κ2) is 8.90. The van der Waals surface area contributed by atoms with Crippen LogP contribution in [0.4, 0.5) is 4.39 Å². The topological polar surface area (TPSA) is 23.8 Å². The van der Waals surface area contributed by atoms with Crippen molar-refractivity contribution in [2.24, 2.45) is 17.8 Å². The van der Waals surface area contributed by atoms with E-state index in [2.05, 4.69) is 13.0 Å². The molecule has 2 saturated carbocycles. The van der Waals surface area contributed by atoms with Crippen molar-refractivity contribution in [3.63, 3.8) is 0 Å². The van der Waals surface area contributed by atoms with E-state index in [4.69, 9.17) is 5.26 Å². The second-order valence-corrected chi connectivity index (χ2v) is 7.86. The third-order valence-corrected chi connectivity index (χ3v) is 6.29. The van der Waals surface area contributed by atoms with Crippen LogP contribution in [0.5, 0.6) is 0 Å². The first-order valence-electron chi connectivity index (χ1n) is 9.76. The maximum Gasteiger partial charge on any atom is 0.113 e. The molecule has 0 saturated heterocycles. The number of alkyl halides is 1. The van der Waals surface area contributed by atoms with Crippen LogP contribution in [0.3, 0.4) is 0 Å². The van der Waals surface area contributed by atoms with Gasteiger partial charge in [0.1, 0.15) is 5.67 Å². The number of halogens is 1. The molecule has 0 radical (unpaired) electrons. The number of hydrogen-bond donors (Lipinski definition) is 0. The Morgan fingerprint density at radius 1 is 0.955 bits per heavy atom. The van der Waals surface area contributed by atoms with Gasteiger partial charge in [-0.3, -0.25) is 0 Å². The minimum Gasteiger partial charge on any atom is -0.244 e. The summed E-state index contributed by atoms with van der Waals surface area (Å²) >= 11 is 0. The molecule has 0 bridgehead atoms. The van der Waals surface area contributed by atoms with Crippen LogP contribution in [0.1, 0.15) is 96.8 Å². The quantitative estimate of drug-likeness (QED) is 0.488. The summed E-state index contributed by atoms with van der Waals surface area (Å²) in [7, 11) is 0. The molecule has 22 heavy (non-hydrogen) atoms. The van der Waals surface area contributed by atoms with E-state index in [9.17, 15) is 0 Å². The minimum absolute atomic E-state index is 0.194. The summed E-state index contributed by atoms with van der Waals surface area (Å²) in [6.07, 6.45) is 15.6. The van der Waals surface area contributed by atoms with Gasteiger partial charge in [-0.25, -0.2) is 4.39 Å². The van der Waals surface area contributed by atoms with Crippen LogP contribution in [0, 0.1) is 29.1 Å². The summed E-state index contributed by atoms with van der Waals surface area (Å²) in [6.45, 7) is 2.26. The SMILES string of the molecule is CCCCCCCC1CCC(F)(C2CCC(C#N)CC2)CC1. The van der Waals surface area contributed by atoms with Crippen LogP contribution in [0.15, 0.2) is 0 Å². The van der Waals surface area contributed by atoms with E-state index in [1.807, 2.05) is 0 Å². The van der Waals surface area contributed by atoms with Crippen molar-refractivity contribution in [2.75, 3.05) is 0 Å². The lowest BCUT2D eigenvalue weighted by Crippen LogP contribution is -2.39. The Hall–Kier alpha value is -0.580. The molecule has 2 heteroatoms. The minimum atomic E-state index is -0.904. The van der Waals surface area contributed by atoms with Crippen molar-refractivity contribution in [1.82, 2.24) is 0 Å². The number of unbranched alkanes of at least 4 members (excludes halogenated alkanes) is 4. The van der Waals surface area contributed by atoms with Crippen LogP contribution < -0.4 is 0 Å². The molecule has 126 valence electrons. The number of hydrogen-bond acceptors (Lipinski definition) is 1. The molecule has 0 aromatic rings. The highest BCUT2D eigenvalue weighted by molar-refractivity contribution is 4.96. The van der Waals surface area contributed by atoms with Gasteiger partial charge < -0.3 is 0 Å². The summed E-state index contributed by atoms with van der Waals surface area (Å²) in [5.41, 5.74) is -0.904. The van der Waals surface area contributed by atoms with E-state index >= 15 is 4.39 Å². The highest BCUT2D eigenvalue weighted by atomic mass is 19.1. The average molecular weight is 307 g/mol. The van der Waals surface area contributed by atoms with Gasteiger partial charge in [0.15, 0.2) is 0 Å². The van der Waals surface area contributed by atoms with Crippen molar-refractivity contribution in [3.8, 4) is 6.07 Å². The Kier molecular flexibility index (Phi) is 7.19. The predicted molar refractivity (Wildman–Crippen MR) is 90.2 cm³/mol. The van der Waals surface area contributed by atoms with E-state index in [1.165, 1.54) is 38.5 Å². The molecule has 0 aromatic carbocycles. The van der Waals surface area contributed by atoms with Gasteiger partial charge in [0.05, 0.1) is 6.07 Å². The highest BCUT2D eigenvalue weighted by Gasteiger charge is 2.43. The molecule has 2 fully saturated rings. The number of nitrogens with zero attached hydrogens (tertiary/aromatic N) is 1. The van der Waals surface area contributed by atoms with Crippen LogP contribution in [0.2, 0.25) is 0 Å². The van der Waals surface area contributed by atoms with E-state index in [0.29, 0.717) is 0 Å². The average Bonchev–Trinajstić information content (AvgIpc) is 2.56. The zero-order chi connectivity index (χ0) is 15.8. The maximum atomic E-state index is 15.3. The third-order valence-electron chi connectivity index (χ3n) is 6.29. The second-order valence-electron chi connectivity index (χ2n) is 7.86. The fraction of sp³-hybridized carbons (Fsp3) is 0.950. The molecule has 0 amide bonds. The molecular weight excluding hydrogens is 273 g/mol. The smallest absolute Gasteiger partial charge is 0.113 e. The summed E-state index contributed by atoms with van der Waals surface area (Å²) in [5.74, 6) is 1.21. The lowest BCUT2D eigenvalue weighted by Gasteiger charge is -2.42. The van der Waals surface area contributed by atoms with Gasteiger partial charge in [0.2, 0.25) is 0 Å². The Labute approximate surface area is 136 Å². The van der Waals surface area contributed by atoms with Gasteiger partial charge in [0, 0.05) is 5.92 Å². The van der Waals surface area contributed by atoms with E-state index in [1.54, 1.807) is 0 Å². The first-order chi connectivity index (χ1) is 10.7. The van der Waals surface area contributed by atoms with Crippen molar-refractivity contribution in [3.05, 3.63) is 0 Å². The number of nitriles is 1. The van der Waals surface area contributed by atoms with Crippen LogP contribution in [-0.4, -0.2) is 5.67 Å². The van der Waals surface area contributed by atoms with Crippen molar-refractivity contribution in [2.45, 2.75) is 102 Å². The first-order valence-corrected chi connectivity index (χ1v) is 9.76. The molecule has 0 atom stereocenters. The standard InChI is InChI=1S/C20H34FN/c1-2-3-4-5-6-7-17-12-14-20(21,15-13-17)19-10-8-18(16-22)9-11-19/h17-19H,2-15H2,1H3. The molecule has 2 aliphatic rings. The molecule has 2 rings (SSSR count). The van der Waals surface area contributed by atoms with Gasteiger partial charge in [0.25, 0.3) is 0 Å². The van der Waals surface area contributed by atoms with Crippen LogP contribution in [-0.2, 0) is 0 Å². The normalized spacial score (nSPS) is 36.0. The summed E-state index contributed by atoms with van der Waals surface area (Å²) in [6, 6.07) is 2.36.